The zero-order valence-corrected chi connectivity index (χ0v) is 35.0. The topological polar surface area (TPSA) is 3.24 Å². The number of anilines is 3. The minimum Gasteiger partial charge on any atom is -0.310 e. The maximum absolute atomic E-state index is 2.52. The van der Waals surface area contributed by atoms with Crippen LogP contribution in [-0.2, 0) is 5.41 Å². The third-order valence-electron chi connectivity index (χ3n) is 13.5. The molecular weight excluding hydrogens is 759 g/mol. The highest BCUT2D eigenvalue weighted by Gasteiger charge is 2.42. The summed E-state index contributed by atoms with van der Waals surface area (Å²) < 4.78 is 0. The van der Waals surface area contributed by atoms with Crippen LogP contribution >= 0.6 is 0 Å². The summed E-state index contributed by atoms with van der Waals surface area (Å²) in [6.45, 7) is 2.40. The predicted octanol–water partition coefficient (Wildman–Crippen LogP) is 17.0. The van der Waals surface area contributed by atoms with Gasteiger partial charge >= 0.3 is 0 Å². The molecule has 1 nitrogen and oxygen atoms in total. The maximum Gasteiger partial charge on any atom is 0.0543 e. The van der Waals surface area contributed by atoms with Crippen LogP contribution < -0.4 is 4.90 Å². The van der Waals surface area contributed by atoms with Gasteiger partial charge in [-0.15, -0.1) is 0 Å². The van der Waals surface area contributed by atoms with Gasteiger partial charge in [0.2, 0.25) is 0 Å². The molecule has 11 aromatic carbocycles. The molecule has 1 heteroatoms. The molecule has 0 saturated carbocycles. The van der Waals surface area contributed by atoms with E-state index < -0.39 is 0 Å². The van der Waals surface area contributed by atoms with Crippen molar-refractivity contribution in [3.8, 4) is 44.5 Å². The maximum atomic E-state index is 2.52. The van der Waals surface area contributed by atoms with Crippen LogP contribution in [0.2, 0.25) is 0 Å². The van der Waals surface area contributed by atoms with Gasteiger partial charge in [0.15, 0.2) is 0 Å². The van der Waals surface area contributed by atoms with E-state index in [4.69, 9.17) is 0 Å². The Morgan fingerprint density at radius 1 is 0.317 bits per heavy atom. The van der Waals surface area contributed by atoms with Gasteiger partial charge in [-0.2, -0.15) is 0 Å². The van der Waals surface area contributed by atoms with E-state index in [0.29, 0.717) is 0 Å². The quantitative estimate of drug-likeness (QED) is 0.145. The Morgan fingerprint density at radius 3 is 1.62 bits per heavy atom. The summed E-state index contributed by atoms with van der Waals surface area (Å²) in [7, 11) is 0. The second-order valence-corrected chi connectivity index (χ2v) is 16.9. The lowest BCUT2D eigenvalue weighted by atomic mass is 9.74. The van der Waals surface area contributed by atoms with Crippen LogP contribution in [0, 0.1) is 0 Å². The van der Waals surface area contributed by atoms with Gasteiger partial charge in [-0.05, 0) is 125 Å². The molecule has 11 aromatic rings. The molecule has 1 unspecified atom stereocenters. The number of benzene rings is 11. The smallest absolute Gasteiger partial charge is 0.0543 e. The summed E-state index contributed by atoms with van der Waals surface area (Å²) in [5.41, 5.74) is 16.8. The van der Waals surface area contributed by atoms with Crippen molar-refractivity contribution in [1.82, 2.24) is 0 Å². The highest BCUT2D eigenvalue weighted by atomic mass is 15.1. The van der Waals surface area contributed by atoms with Crippen molar-refractivity contribution in [2.24, 2.45) is 0 Å². The van der Waals surface area contributed by atoms with E-state index in [1.165, 1.54) is 93.5 Å². The molecular formula is C62H43N. The Hall–Kier alpha value is -8.00. The first kappa shape index (κ1) is 36.8. The van der Waals surface area contributed by atoms with Crippen molar-refractivity contribution in [2.75, 3.05) is 4.90 Å². The lowest BCUT2D eigenvalue weighted by molar-refractivity contribution is 0.714. The van der Waals surface area contributed by atoms with E-state index in [2.05, 4.69) is 254 Å². The molecule has 0 fully saturated rings. The van der Waals surface area contributed by atoms with Gasteiger partial charge in [0.1, 0.15) is 0 Å². The first-order valence-electron chi connectivity index (χ1n) is 21.9. The van der Waals surface area contributed by atoms with Gasteiger partial charge < -0.3 is 4.90 Å². The van der Waals surface area contributed by atoms with E-state index >= 15 is 0 Å². The Morgan fingerprint density at radius 2 is 0.841 bits per heavy atom. The van der Waals surface area contributed by atoms with Crippen LogP contribution in [0.25, 0.3) is 76.8 Å². The highest BCUT2D eigenvalue weighted by molar-refractivity contribution is 6.22. The van der Waals surface area contributed by atoms with E-state index in [1.54, 1.807) is 0 Å². The summed E-state index contributed by atoms with van der Waals surface area (Å²) in [5.74, 6) is 0. The van der Waals surface area contributed by atoms with E-state index in [0.717, 1.165) is 17.1 Å². The van der Waals surface area contributed by atoms with Crippen molar-refractivity contribution in [1.29, 1.82) is 0 Å². The van der Waals surface area contributed by atoms with Gasteiger partial charge in [-0.1, -0.05) is 212 Å². The van der Waals surface area contributed by atoms with Gasteiger partial charge in [-0.3, -0.25) is 0 Å². The SMILES string of the molecule is CC1(c2ccccc2)c2ccccc2-c2c(N(c3cccc(-c4cccc5ccccc45)c3)c3ccc4c(c3)c(-c3ccccc3)c(-c3ccccc3)c3ccccc34)cccc21. The zero-order chi connectivity index (χ0) is 41.9. The minimum atomic E-state index is -0.340. The van der Waals surface area contributed by atoms with Crippen molar-refractivity contribution in [3.05, 3.63) is 259 Å². The standard InChI is InChI=1S/C62H43N/c1-62(46-27-9-4-10-28-46)56-35-16-15-33-54(56)61-57(62)36-19-37-58(61)63(47-29-17-26-45(40-47)50-34-18-25-42-20-11-12-30-49(42)50)48-38-39-52-51-31-13-14-32-53(51)59(43-21-5-2-6-22-43)60(55(52)41-48)44-23-7-3-8-24-44/h2-41H,1H3. The normalized spacial score (nSPS) is 14.2. The van der Waals surface area contributed by atoms with Crippen LogP contribution in [0.15, 0.2) is 243 Å². The van der Waals surface area contributed by atoms with Crippen LogP contribution in [-0.4, -0.2) is 0 Å². The second-order valence-electron chi connectivity index (χ2n) is 16.9. The Labute approximate surface area is 368 Å². The largest absolute Gasteiger partial charge is 0.310 e. The number of hydrogen-bond acceptors (Lipinski definition) is 1. The number of hydrogen-bond donors (Lipinski definition) is 0. The van der Waals surface area contributed by atoms with Crippen molar-refractivity contribution < 1.29 is 0 Å². The zero-order valence-electron chi connectivity index (χ0n) is 35.0. The molecule has 0 radical (unpaired) electrons. The third kappa shape index (κ3) is 5.85. The van der Waals surface area contributed by atoms with E-state index in [9.17, 15) is 0 Å². The highest BCUT2D eigenvalue weighted by Crippen LogP contribution is 2.57. The molecule has 1 aliphatic carbocycles. The fraction of sp³-hybridized carbons (Fsp3) is 0.0323. The summed E-state index contributed by atoms with van der Waals surface area (Å²) in [4.78, 5) is 2.52. The Balaban J connectivity index is 1.18. The van der Waals surface area contributed by atoms with Gasteiger partial charge in [0.05, 0.1) is 5.69 Å². The van der Waals surface area contributed by atoms with Gasteiger partial charge in [0, 0.05) is 22.4 Å². The second kappa shape index (κ2) is 14.9. The fourth-order valence-electron chi connectivity index (χ4n) is 10.6. The number of fused-ring (bicyclic) bond motifs is 7. The summed E-state index contributed by atoms with van der Waals surface area (Å²) >= 11 is 0. The van der Waals surface area contributed by atoms with Crippen molar-refractivity contribution in [2.45, 2.75) is 12.3 Å². The predicted molar refractivity (Wildman–Crippen MR) is 267 cm³/mol. The molecule has 0 heterocycles. The molecule has 296 valence electrons. The first-order valence-corrected chi connectivity index (χ1v) is 21.9. The third-order valence-corrected chi connectivity index (χ3v) is 13.5. The molecule has 12 rings (SSSR count). The van der Waals surface area contributed by atoms with Crippen LogP contribution in [0.5, 0.6) is 0 Å². The molecule has 1 aliphatic rings. The summed E-state index contributed by atoms with van der Waals surface area (Å²) in [6.07, 6.45) is 0. The molecule has 63 heavy (non-hydrogen) atoms. The fourth-order valence-corrected chi connectivity index (χ4v) is 10.6. The van der Waals surface area contributed by atoms with Crippen molar-refractivity contribution >= 4 is 49.4 Å². The number of rotatable bonds is 7. The molecule has 0 aromatic heterocycles. The Kier molecular flexibility index (Phi) is 8.69. The first-order chi connectivity index (χ1) is 31.2. The van der Waals surface area contributed by atoms with Crippen LogP contribution in [0.3, 0.4) is 0 Å². The monoisotopic (exact) mass is 801 g/mol. The lowest BCUT2D eigenvalue weighted by Gasteiger charge is -2.31. The van der Waals surface area contributed by atoms with Gasteiger partial charge in [0.25, 0.3) is 0 Å². The van der Waals surface area contributed by atoms with E-state index in [-0.39, 0.29) is 5.41 Å². The molecule has 0 N–H and O–H groups in total. The number of nitrogens with zero attached hydrogens (tertiary/aromatic N) is 1. The van der Waals surface area contributed by atoms with Gasteiger partial charge in [-0.25, -0.2) is 0 Å². The molecule has 0 amide bonds. The minimum absolute atomic E-state index is 0.340. The van der Waals surface area contributed by atoms with E-state index in [1.807, 2.05) is 0 Å². The van der Waals surface area contributed by atoms with Crippen LogP contribution in [0.4, 0.5) is 17.1 Å². The summed E-state index contributed by atoms with van der Waals surface area (Å²) in [5, 5.41) is 7.43. The molecule has 0 bridgehead atoms. The lowest BCUT2D eigenvalue weighted by Crippen LogP contribution is -2.22. The molecule has 0 saturated heterocycles. The summed E-state index contributed by atoms with van der Waals surface area (Å²) in [6, 6.07) is 89.5. The van der Waals surface area contributed by atoms with Crippen molar-refractivity contribution in [3.63, 3.8) is 0 Å². The molecule has 0 aliphatic heterocycles. The average molecular weight is 802 g/mol. The Bertz CT molecular complexity index is 3510. The van der Waals surface area contributed by atoms with Crippen LogP contribution in [0.1, 0.15) is 23.6 Å². The average Bonchev–Trinajstić information content (AvgIpc) is 3.63. The molecule has 1 atom stereocenters. The molecule has 0 spiro atoms.